The van der Waals surface area contributed by atoms with Crippen molar-refractivity contribution in [3.8, 4) is 11.3 Å². The highest BCUT2D eigenvalue weighted by Crippen LogP contribution is 2.33. The minimum absolute atomic E-state index is 0.208. The van der Waals surface area contributed by atoms with E-state index in [1.54, 1.807) is 24.8 Å². The topological polar surface area (TPSA) is 120 Å². The van der Waals surface area contributed by atoms with E-state index in [-0.39, 0.29) is 11.9 Å². The van der Waals surface area contributed by atoms with E-state index < -0.39 is 9.73 Å². The molecule has 0 spiro atoms. The molecule has 0 aromatic carbocycles. The predicted octanol–water partition coefficient (Wildman–Crippen LogP) is 1.89. The Morgan fingerprint density at radius 3 is 2.81 bits per heavy atom. The highest BCUT2D eigenvalue weighted by Gasteiger charge is 2.21. The average molecular weight is 376 g/mol. The van der Waals surface area contributed by atoms with Gasteiger partial charge in [-0.15, -0.1) is 0 Å². The maximum atomic E-state index is 12.2. The molecule has 9 heteroatoms. The molecule has 1 aliphatic rings. The number of aromatic nitrogens is 2. The number of nitrogens with two attached hydrogens (primary N) is 2. The van der Waals surface area contributed by atoms with Crippen molar-refractivity contribution in [3.63, 3.8) is 0 Å². The van der Waals surface area contributed by atoms with Gasteiger partial charge in [-0.3, -0.25) is 0 Å². The Labute approximate surface area is 153 Å². The summed E-state index contributed by atoms with van der Waals surface area (Å²) in [7, 11) is -2.35. The molecule has 0 bridgehead atoms. The summed E-state index contributed by atoms with van der Waals surface area (Å²) in [6, 6.07) is 5.76. The number of pyridine rings is 2. The van der Waals surface area contributed by atoms with Crippen molar-refractivity contribution in [3.05, 3.63) is 24.4 Å². The van der Waals surface area contributed by atoms with Crippen LogP contribution in [0.15, 0.2) is 28.8 Å². The third-order valence-electron chi connectivity index (χ3n) is 4.11. The minimum Gasteiger partial charge on any atom is -0.395 e. The van der Waals surface area contributed by atoms with E-state index in [9.17, 15) is 4.21 Å². The lowest BCUT2D eigenvalue weighted by atomic mass is 10.1. The van der Waals surface area contributed by atoms with Crippen LogP contribution in [-0.2, 0) is 14.5 Å². The smallest absolute Gasteiger partial charge is 0.164 e. The summed E-state index contributed by atoms with van der Waals surface area (Å²) < 4.78 is 22.0. The molecule has 1 atom stereocenters. The number of hydrogen-bond donors (Lipinski definition) is 2. The number of nitrogens with zero attached hydrogens (tertiary/aromatic N) is 4. The van der Waals surface area contributed by atoms with Crippen molar-refractivity contribution >= 4 is 32.7 Å². The summed E-state index contributed by atoms with van der Waals surface area (Å²) in [6.45, 7) is 4.15. The van der Waals surface area contributed by atoms with Gasteiger partial charge in [-0.05, 0) is 19.1 Å². The van der Waals surface area contributed by atoms with Crippen LogP contribution in [0.3, 0.4) is 0 Å². The first-order valence-electron chi connectivity index (χ1n) is 8.28. The predicted molar refractivity (Wildman–Crippen MR) is 106 cm³/mol. The zero-order valence-electron chi connectivity index (χ0n) is 15.2. The Kier molecular flexibility index (Phi) is 5.01. The first-order valence-corrected chi connectivity index (χ1v) is 10.6. The summed E-state index contributed by atoms with van der Waals surface area (Å²) in [5.74, 6) is 0.656. The second-order valence-corrected chi connectivity index (χ2v) is 9.16. The van der Waals surface area contributed by atoms with Gasteiger partial charge in [-0.2, -0.15) is 4.36 Å². The molecule has 0 aliphatic carbocycles. The van der Waals surface area contributed by atoms with Crippen molar-refractivity contribution < 1.29 is 8.95 Å². The maximum absolute atomic E-state index is 12.2. The second-order valence-electron chi connectivity index (χ2n) is 6.62. The van der Waals surface area contributed by atoms with E-state index in [4.69, 9.17) is 16.2 Å². The average Bonchev–Trinajstić information content (AvgIpc) is 2.56. The summed E-state index contributed by atoms with van der Waals surface area (Å²) in [6.07, 6.45) is 4.75. The molecular weight excluding hydrogens is 352 g/mol. The lowest BCUT2D eigenvalue weighted by Crippen LogP contribution is -2.43. The van der Waals surface area contributed by atoms with Crippen molar-refractivity contribution in [2.75, 3.05) is 48.6 Å². The van der Waals surface area contributed by atoms with E-state index in [1.807, 2.05) is 12.1 Å². The van der Waals surface area contributed by atoms with Crippen LogP contribution in [0.1, 0.15) is 6.92 Å². The van der Waals surface area contributed by atoms with Crippen molar-refractivity contribution in [1.82, 2.24) is 9.97 Å². The Morgan fingerprint density at radius 1 is 1.35 bits per heavy atom. The van der Waals surface area contributed by atoms with Gasteiger partial charge in [0, 0.05) is 58.3 Å². The summed E-state index contributed by atoms with van der Waals surface area (Å²) in [5, 5.41) is 0. The van der Waals surface area contributed by atoms with Gasteiger partial charge in [0.25, 0.3) is 0 Å². The van der Waals surface area contributed by atoms with E-state index in [2.05, 4.69) is 26.2 Å². The molecule has 2 aromatic heterocycles. The van der Waals surface area contributed by atoms with Crippen LogP contribution >= 0.6 is 0 Å². The number of hydrogen-bond acceptors (Lipinski definition) is 8. The van der Waals surface area contributed by atoms with Gasteiger partial charge in [-0.25, -0.2) is 14.2 Å². The van der Waals surface area contributed by atoms with Crippen LogP contribution in [0, 0.1) is 0 Å². The Balaban J connectivity index is 2.18. The molecule has 0 saturated carbocycles. The largest absolute Gasteiger partial charge is 0.395 e. The molecule has 4 N–H and O–H groups in total. The minimum atomic E-state index is -2.35. The molecular formula is C17H24N6O2S. The Morgan fingerprint density at radius 2 is 2.12 bits per heavy atom. The van der Waals surface area contributed by atoms with Crippen LogP contribution < -0.4 is 16.4 Å². The van der Waals surface area contributed by atoms with Crippen LogP contribution in [0.5, 0.6) is 0 Å². The van der Waals surface area contributed by atoms with Gasteiger partial charge in [0.1, 0.15) is 5.82 Å². The van der Waals surface area contributed by atoms with Crippen LogP contribution in [0.25, 0.3) is 11.3 Å². The van der Waals surface area contributed by atoms with Crippen LogP contribution in [0.4, 0.5) is 23.0 Å². The van der Waals surface area contributed by atoms with Gasteiger partial charge in [-0.1, -0.05) is 0 Å². The van der Waals surface area contributed by atoms with Crippen molar-refractivity contribution in [2.24, 2.45) is 4.36 Å². The fourth-order valence-electron chi connectivity index (χ4n) is 2.90. The fourth-order valence-corrected chi connectivity index (χ4v) is 3.45. The molecule has 0 unspecified atom stereocenters. The third-order valence-corrected chi connectivity index (χ3v) is 4.73. The molecule has 1 saturated heterocycles. The van der Waals surface area contributed by atoms with E-state index in [0.717, 1.165) is 12.2 Å². The molecule has 140 valence electrons. The monoisotopic (exact) mass is 376 g/mol. The number of morpholine rings is 1. The zero-order valence-corrected chi connectivity index (χ0v) is 16.0. The van der Waals surface area contributed by atoms with E-state index in [1.165, 1.54) is 0 Å². The molecule has 0 amide bonds. The number of ether oxygens (including phenoxy) is 1. The standard InChI is InChI=1S/C17H24N6O2S/c1-11-10-25-7-6-23(11)12-8-14(13-4-5-20-17(19)16(13)18)21-15(9-12)22-26(2,3)24/h4-5,8-9,11H,6-7,10,18H2,1-3H3,(H2,19,20)/t11-/m1/s1. The van der Waals surface area contributed by atoms with Gasteiger partial charge in [0.15, 0.2) is 5.82 Å². The van der Waals surface area contributed by atoms with Gasteiger partial charge in [0.05, 0.1) is 24.6 Å². The Hall–Kier alpha value is -2.39. The lowest BCUT2D eigenvalue weighted by molar-refractivity contribution is 0.0989. The first-order chi connectivity index (χ1) is 12.2. The van der Waals surface area contributed by atoms with Crippen LogP contribution in [-0.4, -0.2) is 52.5 Å². The molecule has 26 heavy (non-hydrogen) atoms. The van der Waals surface area contributed by atoms with Crippen LogP contribution in [0.2, 0.25) is 0 Å². The number of nitrogen functional groups attached to an aromatic ring is 2. The molecule has 1 aliphatic heterocycles. The quantitative estimate of drug-likeness (QED) is 0.839. The summed E-state index contributed by atoms with van der Waals surface area (Å²) >= 11 is 0. The highest BCUT2D eigenvalue weighted by molar-refractivity contribution is 7.92. The molecule has 0 radical (unpaired) electrons. The van der Waals surface area contributed by atoms with Gasteiger partial charge in [0.2, 0.25) is 0 Å². The molecule has 2 aromatic rings. The Bertz CT molecular complexity index is 931. The fraction of sp³-hybridized carbons (Fsp3) is 0.412. The summed E-state index contributed by atoms with van der Waals surface area (Å²) in [5.41, 5.74) is 14.5. The SMILES string of the molecule is C[C@@H]1COCCN1c1cc(N=S(C)(C)=O)nc(-c2ccnc(N)c2N)c1. The second kappa shape index (κ2) is 7.08. The molecule has 1 fully saturated rings. The van der Waals surface area contributed by atoms with Crippen molar-refractivity contribution in [1.29, 1.82) is 0 Å². The summed E-state index contributed by atoms with van der Waals surface area (Å²) in [4.78, 5) is 10.8. The maximum Gasteiger partial charge on any atom is 0.164 e. The molecule has 3 heterocycles. The zero-order chi connectivity index (χ0) is 18.9. The number of rotatable bonds is 3. The van der Waals surface area contributed by atoms with Gasteiger partial charge >= 0.3 is 0 Å². The first kappa shape index (κ1) is 18.4. The van der Waals surface area contributed by atoms with Gasteiger partial charge < -0.3 is 21.1 Å². The van der Waals surface area contributed by atoms with Crippen molar-refractivity contribution in [2.45, 2.75) is 13.0 Å². The lowest BCUT2D eigenvalue weighted by Gasteiger charge is -2.35. The molecule has 8 nitrogen and oxygen atoms in total. The number of anilines is 3. The molecule has 3 rings (SSSR count). The third kappa shape index (κ3) is 4.05. The normalized spacial score (nSPS) is 18.0. The van der Waals surface area contributed by atoms with E-state index >= 15 is 0 Å². The highest BCUT2D eigenvalue weighted by atomic mass is 32.2. The van der Waals surface area contributed by atoms with E-state index in [0.29, 0.717) is 36.0 Å².